The summed E-state index contributed by atoms with van der Waals surface area (Å²) in [6, 6.07) is 2.02. The van der Waals surface area contributed by atoms with E-state index >= 15 is 0 Å². The molecule has 1 rings (SSSR count). The summed E-state index contributed by atoms with van der Waals surface area (Å²) in [6.45, 7) is 11.2. The molecule has 1 N–H and O–H groups in total. The predicted molar refractivity (Wildman–Crippen MR) is 68.1 cm³/mol. The summed E-state index contributed by atoms with van der Waals surface area (Å²) in [6.07, 6.45) is 0.112. The zero-order chi connectivity index (χ0) is 13.1. The molecule has 17 heavy (non-hydrogen) atoms. The first-order chi connectivity index (χ1) is 7.81. The van der Waals surface area contributed by atoms with Crippen molar-refractivity contribution in [3.63, 3.8) is 0 Å². The summed E-state index contributed by atoms with van der Waals surface area (Å²) < 4.78 is 7.49. The van der Waals surface area contributed by atoms with Gasteiger partial charge >= 0.3 is 0 Å². The molecule has 0 aromatic carbocycles. The maximum Gasteiger partial charge on any atom is 0.0829 e. The van der Waals surface area contributed by atoms with Gasteiger partial charge in [-0.3, -0.25) is 4.68 Å². The molecule has 0 bridgehead atoms. The maximum atomic E-state index is 9.93. The van der Waals surface area contributed by atoms with Crippen molar-refractivity contribution in [3.8, 4) is 0 Å². The van der Waals surface area contributed by atoms with Crippen LogP contribution in [0.4, 0.5) is 0 Å². The van der Waals surface area contributed by atoms with Crippen LogP contribution in [-0.4, -0.2) is 33.2 Å². The number of aryl methyl sites for hydroxylation is 2. The third-order valence-electron chi connectivity index (χ3n) is 2.44. The predicted octanol–water partition coefficient (Wildman–Crippen LogP) is 1.93. The molecule has 0 saturated heterocycles. The number of aliphatic hydroxyl groups is 1. The van der Waals surface area contributed by atoms with E-state index in [-0.39, 0.29) is 5.60 Å². The van der Waals surface area contributed by atoms with Gasteiger partial charge in [-0.2, -0.15) is 5.10 Å². The first kappa shape index (κ1) is 14.2. The molecule has 0 aliphatic heterocycles. The highest BCUT2D eigenvalue weighted by atomic mass is 16.5. The number of ether oxygens (including phenoxy) is 1. The molecule has 0 aliphatic rings. The zero-order valence-electron chi connectivity index (χ0n) is 11.5. The van der Waals surface area contributed by atoms with E-state index in [1.165, 1.54) is 0 Å². The fourth-order valence-electron chi connectivity index (χ4n) is 1.68. The molecule has 1 heterocycles. The first-order valence-corrected chi connectivity index (χ1v) is 6.17. The van der Waals surface area contributed by atoms with Crippen molar-refractivity contribution in [2.75, 3.05) is 6.61 Å². The summed E-state index contributed by atoms with van der Waals surface area (Å²) in [7, 11) is 0. The molecule has 0 amide bonds. The molecule has 1 atom stereocenters. The number of aromatic nitrogens is 2. The molecule has 98 valence electrons. The third kappa shape index (κ3) is 4.88. The van der Waals surface area contributed by atoms with Crippen LogP contribution < -0.4 is 0 Å². The first-order valence-electron chi connectivity index (χ1n) is 6.17. The van der Waals surface area contributed by atoms with Crippen molar-refractivity contribution in [2.24, 2.45) is 0 Å². The molecular weight excluding hydrogens is 216 g/mol. The third-order valence-corrected chi connectivity index (χ3v) is 2.44. The van der Waals surface area contributed by atoms with Crippen LogP contribution in [0.2, 0.25) is 0 Å². The van der Waals surface area contributed by atoms with Crippen LogP contribution in [0.25, 0.3) is 0 Å². The molecular formula is C13H24N2O2. The lowest BCUT2D eigenvalue weighted by atomic mass is 10.1. The van der Waals surface area contributed by atoms with E-state index in [2.05, 4.69) is 5.10 Å². The van der Waals surface area contributed by atoms with Crippen LogP contribution >= 0.6 is 0 Å². The van der Waals surface area contributed by atoms with Crippen molar-refractivity contribution in [3.05, 3.63) is 17.5 Å². The molecule has 0 fully saturated rings. The topological polar surface area (TPSA) is 47.3 Å². The van der Waals surface area contributed by atoms with Crippen molar-refractivity contribution < 1.29 is 9.84 Å². The summed E-state index contributed by atoms with van der Waals surface area (Å²) >= 11 is 0. The Labute approximate surface area is 104 Å². The normalized spacial score (nSPS) is 14.0. The summed E-state index contributed by atoms with van der Waals surface area (Å²) in [5.41, 5.74) is 1.85. The maximum absolute atomic E-state index is 9.93. The number of nitrogens with zero attached hydrogens (tertiary/aromatic N) is 2. The molecule has 0 spiro atoms. The molecule has 1 aromatic heterocycles. The van der Waals surface area contributed by atoms with E-state index < -0.39 is 6.10 Å². The Kier molecular flexibility index (Phi) is 4.71. The van der Waals surface area contributed by atoms with Gasteiger partial charge in [0.15, 0.2) is 0 Å². The van der Waals surface area contributed by atoms with Crippen molar-refractivity contribution in [1.82, 2.24) is 9.78 Å². The lowest BCUT2D eigenvalue weighted by molar-refractivity contribution is -0.0486. The van der Waals surface area contributed by atoms with Gasteiger partial charge in [-0.05, 0) is 40.7 Å². The minimum Gasteiger partial charge on any atom is -0.390 e. The van der Waals surface area contributed by atoms with Gasteiger partial charge in [-0.1, -0.05) is 0 Å². The lowest BCUT2D eigenvalue weighted by Gasteiger charge is -2.22. The second-order valence-electron chi connectivity index (χ2n) is 5.37. The van der Waals surface area contributed by atoms with Crippen molar-refractivity contribution >= 4 is 0 Å². The van der Waals surface area contributed by atoms with Gasteiger partial charge in [0.25, 0.3) is 0 Å². The Hall–Kier alpha value is -0.870. The highest BCUT2D eigenvalue weighted by Crippen LogP contribution is 2.11. The fraction of sp³-hybridized carbons (Fsp3) is 0.769. The van der Waals surface area contributed by atoms with Crippen LogP contribution in [0, 0.1) is 6.92 Å². The second kappa shape index (κ2) is 5.65. The highest BCUT2D eigenvalue weighted by Gasteiger charge is 2.15. The van der Waals surface area contributed by atoms with E-state index in [0.29, 0.717) is 13.0 Å². The van der Waals surface area contributed by atoms with E-state index in [1.807, 2.05) is 45.4 Å². The Bertz CT molecular complexity index is 353. The summed E-state index contributed by atoms with van der Waals surface area (Å²) in [4.78, 5) is 0. The van der Waals surface area contributed by atoms with Gasteiger partial charge in [0.1, 0.15) is 0 Å². The minimum absolute atomic E-state index is 0.206. The largest absolute Gasteiger partial charge is 0.390 e. The monoisotopic (exact) mass is 240 g/mol. The Balaban J connectivity index is 2.52. The van der Waals surface area contributed by atoms with E-state index in [4.69, 9.17) is 4.74 Å². The van der Waals surface area contributed by atoms with E-state index in [1.54, 1.807) is 0 Å². The molecule has 4 heteroatoms. The molecule has 0 radical (unpaired) electrons. The molecule has 0 aliphatic carbocycles. The Morgan fingerprint density at radius 2 is 2.12 bits per heavy atom. The number of hydrogen-bond acceptors (Lipinski definition) is 3. The van der Waals surface area contributed by atoms with Gasteiger partial charge in [-0.25, -0.2) is 0 Å². The molecule has 4 nitrogen and oxygen atoms in total. The average molecular weight is 240 g/mol. The smallest absolute Gasteiger partial charge is 0.0829 e. The quantitative estimate of drug-likeness (QED) is 0.855. The summed E-state index contributed by atoms with van der Waals surface area (Å²) in [5.74, 6) is 0. The van der Waals surface area contributed by atoms with Crippen molar-refractivity contribution in [1.29, 1.82) is 0 Å². The van der Waals surface area contributed by atoms with Crippen molar-refractivity contribution in [2.45, 2.75) is 59.3 Å². The average Bonchev–Trinajstić information content (AvgIpc) is 2.55. The van der Waals surface area contributed by atoms with Crippen LogP contribution in [0.1, 0.15) is 39.1 Å². The van der Waals surface area contributed by atoms with Crippen LogP contribution in [0.5, 0.6) is 0 Å². The zero-order valence-corrected chi connectivity index (χ0v) is 11.5. The Morgan fingerprint density at radius 3 is 2.65 bits per heavy atom. The van der Waals surface area contributed by atoms with Gasteiger partial charge in [0.2, 0.25) is 0 Å². The van der Waals surface area contributed by atoms with Gasteiger partial charge in [-0.15, -0.1) is 0 Å². The van der Waals surface area contributed by atoms with Gasteiger partial charge in [0, 0.05) is 18.7 Å². The number of hydrogen-bond donors (Lipinski definition) is 1. The lowest BCUT2D eigenvalue weighted by Crippen LogP contribution is -2.28. The number of aliphatic hydroxyl groups excluding tert-OH is 1. The van der Waals surface area contributed by atoms with Crippen LogP contribution in [-0.2, 0) is 17.7 Å². The molecule has 0 saturated carbocycles. The van der Waals surface area contributed by atoms with Crippen LogP contribution in [0.15, 0.2) is 6.07 Å². The van der Waals surface area contributed by atoms with Crippen LogP contribution in [0.3, 0.4) is 0 Å². The van der Waals surface area contributed by atoms with E-state index in [0.717, 1.165) is 17.9 Å². The minimum atomic E-state index is -0.476. The standard InChI is InChI=1S/C13H24N2O2/c1-6-15-11(7-10(2)14-15)8-12(16)9-17-13(3,4)5/h7,12,16H,6,8-9H2,1-5H3. The highest BCUT2D eigenvalue weighted by molar-refractivity contribution is 5.09. The number of rotatable bonds is 5. The fourth-order valence-corrected chi connectivity index (χ4v) is 1.68. The molecule has 1 unspecified atom stereocenters. The molecule has 1 aromatic rings. The summed E-state index contributed by atoms with van der Waals surface area (Å²) in [5, 5.41) is 14.3. The van der Waals surface area contributed by atoms with Gasteiger partial charge in [0.05, 0.1) is 24.0 Å². The van der Waals surface area contributed by atoms with Gasteiger partial charge < -0.3 is 9.84 Å². The second-order valence-corrected chi connectivity index (χ2v) is 5.37. The SMILES string of the molecule is CCn1nc(C)cc1CC(O)COC(C)(C)C. The Morgan fingerprint density at radius 1 is 1.47 bits per heavy atom. The van der Waals surface area contributed by atoms with E-state index in [9.17, 15) is 5.11 Å².